The van der Waals surface area contributed by atoms with Crippen molar-refractivity contribution in [1.82, 2.24) is 0 Å². The second kappa shape index (κ2) is 3.97. The van der Waals surface area contributed by atoms with E-state index in [1.807, 2.05) is 6.92 Å². The average Bonchev–Trinajstić information content (AvgIpc) is 2.79. The summed E-state index contributed by atoms with van der Waals surface area (Å²) in [7, 11) is 0. The first kappa shape index (κ1) is 11.0. The van der Waals surface area contributed by atoms with E-state index in [4.69, 9.17) is 10.5 Å². The van der Waals surface area contributed by atoms with Gasteiger partial charge in [0.2, 0.25) is 0 Å². The molecule has 0 aliphatic heterocycles. The fraction of sp³-hybridized carbons (Fsp3) is 1.00. The summed E-state index contributed by atoms with van der Waals surface area (Å²) >= 11 is 0. The van der Waals surface area contributed by atoms with E-state index in [0.29, 0.717) is 0 Å². The number of rotatable bonds is 4. The van der Waals surface area contributed by atoms with E-state index in [1.165, 1.54) is 12.8 Å². The Morgan fingerprint density at radius 1 is 1.38 bits per heavy atom. The third kappa shape index (κ3) is 2.96. The highest BCUT2D eigenvalue weighted by Crippen LogP contribution is 2.38. The van der Waals surface area contributed by atoms with Gasteiger partial charge >= 0.3 is 0 Å². The van der Waals surface area contributed by atoms with Gasteiger partial charge in [0.05, 0.1) is 6.10 Å². The molecule has 0 heterocycles. The van der Waals surface area contributed by atoms with Crippen LogP contribution in [0.3, 0.4) is 0 Å². The first-order valence-electron chi connectivity index (χ1n) is 5.34. The Morgan fingerprint density at radius 3 is 2.23 bits per heavy atom. The predicted octanol–water partition coefficient (Wildman–Crippen LogP) is 2.17. The molecular formula is C11H23NO. The van der Waals surface area contributed by atoms with Crippen molar-refractivity contribution in [3.05, 3.63) is 0 Å². The Bertz CT molecular complexity index is 158. The van der Waals surface area contributed by atoms with Crippen LogP contribution in [0.15, 0.2) is 0 Å². The van der Waals surface area contributed by atoms with Crippen LogP contribution in [0.5, 0.6) is 0 Å². The fourth-order valence-corrected chi connectivity index (χ4v) is 1.64. The van der Waals surface area contributed by atoms with Gasteiger partial charge in [-0.15, -0.1) is 0 Å². The molecule has 0 aromatic rings. The highest BCUT2D eigenvalue weighted by molar-refractivity contribution is 4.93. The first-order valence-corrected chi connectivity index (χ1v) is 5.34. The number of hydrogen-bond donors (Lipinski definition) is 1. The largest absolute Gasteiger partial charge is 0.377 e. The standard InChI is InChI=1S/C11H23NO/c1-5-13-9(8-6-7-8)10(12)11(2,3)4/h8-10H,5-7,12H2,1-4H3. The first-order chi connectivity index (χ1) is 5.96. The molecule has 13 heavy (non-hydrogen) atoms. The maximum absolute atomic E-state index is 6.20. The normalized spacial score (nSPS) is 22.8. The maximum Gasteiger partial charge on any atom is 0.0758 e. The Morgan fingerprint density at radius 2 is 1.92 bits per heavy atom. The van der Waals surface area contributed by atoms with Gasteiger partial charge in [-0.25, -0.2) is 0 Å². The second-order valence-corrected chi connectivity index (χ2v) is 5.15. The summed E-state index contributed by atoms with van der Waals surface area (Å²) in [5, 5.41) is 0. The smallest absolute Gasteiger partial charge is 0.0758 e. The average molecular weight is 185 g/mol. The topological polar surface area (TPSA) is 35.2 Å². The van der Waals surface area contributed by atoms with Gasteiger partial charge in [0.25, 0.3) is 0 Å². The molecule has 1 aliphatic rings. The Labute approximate surface area is 81.8 Å². The molecule has 2 heteroatoms. The van der Waals surface area contributed by atoms with E-state index in [0.717, 1.165) is 12.5 Å². The summed E-state index contributed by atoms with van der Waals surface area (Å²) in [5.41, 5.74) is 6.35. The van der Waals surface area contributed by atoms with Gasteiger partial charge in [0.1, 0.15) is 0 Å². The minimum atomic E-state index is 0.155. The zero-order chi connectivity index (χ0) is 10.1. The number of ether oxygens (including phenoxy) is 1. The van der Waals surface area contributed by atoms with Gasteiger partial charge in [-0.1, -0.05) is 20.8 Å². The van der Waals surface area contributed by atoms with Crippen molar-refractivity contribution in [1.29, 1.82) is 0 Å². The molecule has 1 fully saturated rings. The summed E-state index contributed by atoms with van der Waals surface area (Å²) in [6, 6.07) is 0.167. The predicted molar refractivity (Wildman–Crippen MR) is 55.6 cm³/mol. The summed E-state index contributed by atoms with van der Waals surface area (Å²) in [6.07, 6.45) is 2.88. The molecule has 78 valence electrons. The van der Waals surface area contributed by atoms with Gasteiger partial charge in [0.15, 0.2) is 0 Å². The zero-order valence-corrected chi connectivity index (χ0v) is 9.34. The summed E-state index contributed by atoms with van der Waals surface area (Å²) in [5.74, 6) is 0.731. The lowest BCUT2D eigenvalue weighted by atomic mass is 9.82. The van der Waals surface area contributed by atoms with Crippen LogP contribution in [0, 0.1) is 11.3 Å². The molecule has 1 rings (SSSR count). The van der Waals surface area contributed by atoms with Gasteiger partial charge in [-0.3, -0.25) is 0 Å². The summed E-state index contributed by atoms with van der Waals surface area (Å²) < 4.78 is 5.73. The maximum atomic E-state index is 6.20. The van der Waals surface area contributed by atoms with E-state index in [2.05, 4.69) is 20.8 Å². The third-order valence-electron chi connectivity index (χ3n) is 2.80. The Hall–Kier alpha value is -0.0800. The lowest BCUT2D eigenvalue weighted by Crippen LogP contribution is -2.47. The molecule has 1 saturated carbocycles. The van der Waals surface area contributed by atoms with Crippen molar-refractivity contribution >= 4 is 0 Å². The molecule has 0 aromatic carbocycles. The van der Waals surface area contributed by atoms with Crippen LogP contribution in [-0.4, -0.2) is 18.8 Å². The van der Waals surface area contributed by atoms with Crippen molar-refractivity contribution in [2.45, 2.75) is 52.7 Å². The Kier molecular flexibility index (Phi) is 3.36. The monoisotopic (exact) mass is 185 g/mol. The quantitative estimate of drug-likeness (QED) is 0.728. The van der Waals surface area contributed by atoms with Crippen LogP contribution in [0.25, 0.3) is 0 Å². The van der Waals surface area contributed by atoms with Crippen molar-refractivity contribution in [3.63, 3.8) is 0 Å². The molecule has 2 N–H and O–H groups in total. The molecule has 0 aromatic heterocycles. The molecule has 0 radical (unpaired) electrons. The fourth-order valence-electron chi connectivity index (χ4n) is 1.64. The lowest BCUT2D eigenvalue weighted by Gasteiger charge is -2.34. The third-order valence-corrected chi connectivity index (χ3v) is 2.80. The molecule has 2 unspecified atom stereocenters. The molecule has 2 nitrogen and oxygen atoms in total. The van der Waals surface area contributed by atoms with Crippen molar-refractivity contribution in [2.24, 2.45) is 17.1 Å². The molecule has 2 atom stereocenters. The molecule has 0 amide bonds. The second-order valence-electron chi connectivity index (χ2n) is 5.15. The minimum absolute atomic E-state index is 0.155. The highest BCUT2D eigenvalue weighted by Gasteiger charge is 2.40. The minimum Gasteiger partial charge on any atom is -0.377 e. The van der Waals surface area contributed by atoms with Crippen molar-refractivity contribution in [2.75, 3.05) is 6.61 Å². The number of nitrogens with two attached hydrogens (primary N) is 1. The lowest BCUT2D eigenvalue weighted by molar-refractivity contribution is 0.00163. The summed E-state index contributed by atoms with van der Waals surface area (Å²) in [4.78, 5) is 0. The van der Waals surface area contributed by atoms with Gasteiger partial charge in [0, 0.05) is 12.6 Å². The van der Waals surface area contributed by atoms with E-state index in [1.54, 1.807) is 0 Å². The molecule has 0 bridgehead atoms. The highest BCUT2D eigenvalue weighted by atomic mass is 16.5. The summed E-state index contributed by atoms with van der Waals surface area (Å²) in [6.45, 7) is 9.39. The van der Waals surface area contributed by atoms with E-state index >= 15 is 0 Å². The SMILES string of the molecule is CCOC(C1CC1)C(N)C(C)(C)C. The van der Waals surface area contributed by atoms with E-state index in [9.17, 15) is 0 Å². The number of hydrogen-bond acceptors (Lipinski definition) is 2. The van der Waals surface area contributed by atoms with Gasteiger partial charge < -0.3 is 10.5 Å². The molecule has 0 saturated heterocycles. The van der Waals surface area contributed by atoms with Crippen LogP contribution in [-0.2, 0) is 4.74 Å². The van der Waals surface area contributed by atoms with Crippen molar-refractivity contribution < 1.29 is 4.74 Å². The molecule has 0 spiro atoms. The van der Waals surface area contributed by atoms with Gasteiger partial charge in [-0.2, -0.15) is 0 Å². The van der Waals surface area contributed by atoms with Crippen LogP contribution in [0.2, 0.25) is 0 Å². The Balaban J connectivity index is 2.52. The van der Waals surface area contributed by atoms with Crippen LogP contribution < -0.4 is 5.73 Å². The van der Waals surface area contributed by atoms with Gasteiger partial charge in [-0.05, 0) is 31.1 Å². The molecule has 1 aliphatic carbocycles. The van der Waals surface area contributed by atoms with Crippen LogP contribution >= 0.6 is 0 Å². The molecular weight excluding hydrogens is 162 g/mol. The zero-order valence-electron chi connectivity index (χ0n) is 9.34. The van der Waals surface area contributed by atoms with E-state index < -0.39 is 0 Å². The van der Waals surface area contributed by atoms with Crippen molar-refractivity contribution in [3.8, 4) is 0 Å². The van der Waals surface area contributed by atoms with Crippen LogP contribution in [0.1, 0.15) is 40.5 Å². The van der Waals surface area contributed by atoms with E-state index in [-0.39, 0.29) is 17.6 Å². The van der Waals surface area contributed by atoms with Crippen LogP contribution in [0.4, 0.5) is 0 Å².